The van der Waals surface area contributed by atoms with E-state index < -0.39 is 0 Å². The second-order valence-electron chi connectivity index (χ2n) is 3.18. The van der Waals surface area contributed by atoms with Crippen LogP contribution in [0, 0.1) is 12.7 Å². The molecule has 78 valence electrons. The van der Waals surface area contributed by atoms with Crippen molar-refractivity contribution in [3.05, 3.63) is 41.7 Å². The number of hydrogen-bond acceptors (Lipinski definition) is 2. The zero-order valence-electron chi connectivity index (χ0n) is 8.11. The fourth-order valence-corrected chi connectivity index (χ4v) is 1.62. The monoisotopic (exact) mass is 225 g/mol. The molecule has 0 saturated heterocycles. The van der Waals surface area contributed by atoms with Crippen LogP contribution in [0.1, 0.15) is 11.4 Å². The summed E-state index contributed by atoms with van der Waals surface area (Å²) in [6.07, 6.45) is 1.57. The number of halogens is 2. The van der Waals surface area contributed by atoms with Gasteiger partial charge in [-0.1, -0.05) is 0 Å². The summed E-state index contributed by atoms with van der Waals surface area (Å²) in [7, 11) is 0. The molecule has 3 nitrogen and oxygen atoms in total. The molecule has 0 aliphatic heterocycles. The van der Waals surface area contributed by atoms with Crippen LogP contribution in [-0.2, 0) is 5.88 Å². The second kappa shape index (κ2) is 3.98. The third kappa shape index (κ3) is 1.85. The predicted octanol–water partition coefficient (Wildman–Crippen LogP) is 2.45. The van der Waals surface area contributed by atoms with Crippen molar-refractivity contribution in [1.29, 1.82) is 0 Å². The normalized spacial score (nSPS) is 10.6. The molecule has 0 atom stereocenters. The molecule has 0 radical (unpaired) electrons. The Labute approximate surface area is 91.5 Å². The Hall–Kier alpha value is -1.42. The molecule has 0 bridgehead atoms. The maximum absolute atomic E-state index is 12.9. The molecule has 1 heterocycles. The maximum Gasteiger partial charge on any atom is 0.152 e. The van der Waals surface area contributed by atoms with Crippen LogP contribution in [-0.4, -0.2) is 14.8 Å². The average Bonchev–Trinajstić information content (AvgIpc) is 2.65. The third-order valence-corrected chi connectivity index (χ3v) is 2.40. The van der Waals surface area contributed by atoms with Crippen LogP contribution >= 0.6 is 11.6 Å². The molecule has 1 aromatic carbocycles. The molecule has 15 heavy (non-hydrogen) atoms. The number of aryl methyl sites for hydroxylation is 1. The van der Waals surface area contributed by atoms with E-state index in [9.17, 15) is 4.39 Å². The lowest BCUT2D eigenvalue weighted by Gasteiger charge is -2.07. The third-order valence-electron chi connectivity index (χ3n) is 2.16. The number of benzene rings is 1. The van der Waals surface area contributed by atoms with Crippen molar-refractivity contribution >= 4 is 11.6 Å². The van der Waals surface area contributed by atoms with E-state index in [1.165, 1.54) is 12.1 Å². The number of rotatable bonds is 2. The van der Waals surface area contributed by atoms with Gasteiger partial charge in [-0.15, -0.1) is 21.8 Å². The smallest absolute Gasteiger partial charge is 0.152 e. The van der Waals surface area contributed by atoms with Crippen LogP contribution in [0.5, 0.6) is 0 Å². The summed E-state index contributed by atoms with van der Waals surface area (Å²) in [6.45, 7) is 1.83. The van der Waals surface area contributed by atoms with Gasteiger partial charge in [0.05, 0.1) is 11.6 Å². The molecule has 1 aromatic heterocycles. The molecular formula is C10H9ClFN3. The topological polar surface area (TPSA) is 30.7 Å². The van der Waals surface area contributed by atoms with Gasteiger partial charge in [-0.05, 0) is 30.7 Å². The van der Waals surface area contributed by atoms with E-state index in [1.54, 1.807) is 17.0 Å². The zero-order chi connectivity index (χ0) is 10.8. The van der Waals surface area contributed by atoms with Gasteiger partial charge < -0.3 is 0 Å². The van der Waals surface area contributed by atoms with Gasteiger partial charge in [-0.3, -0.25) is 4.57 Å². The van der Waals surface area contributed by atoms with Crippen molar-refractivity contribution in [2.24, 2.45) is 0 Å². The van der Waals surface area contributed by atoms with E-state index in [2.05, 4.69) is 10.2 Å². The summed E-state index contributed by atoms with van der Waals surface area (Å²) in [5.41, 5.74) is 1.67. The number of nitrogens with zero attached hydrogens (tertiary/aromatic N) is 3. The van der Waals surface area contributed by atoms with Crippen molar-refractivity contribution < 1.29 is 4.39 Å². The largest absolute Gasteiger partial charge is 0.284 e. The summed E-state index contributed by atoms with van der Waals surface area (Å²) < 4.78 is 14.7. The molecule has 0 unspecified atom stereocenters. The van der Waals surface area contributed by atoms with Crippen LogP contribution < -0.4 is 0 Å². The Balaban J connectivity index is 2.54. The molecule has 2 aromatic rings. The highest BCUT2D eigenvalue weighted by atomic mass is 35.5. The number of aromatic nitrogens is 3. The van der Waals surface area contributed by atoms with Crippen LogP contribution in [0.25, 0.3) is 5.69 Å². The lowest BCUT2D eigenvalue weighted by molar-refractivity contribution is 0.626. The Morgan fingerprint density at radius 2 is 2.27 bits per heavy atom. The molecule has 0 spiro atoms. The van der Waals surface area contributed by atoms with E-state index in [0.29, 0.717) is 5.82 Å². The van der Waals surface area contributed by atoms with Gasteiger partial charge >= 0.3 is 0 Å². The Morgan fingerprint density at radius 3 is 2.93 bits per heavy atom. The summed E-state index contributed by atoms with van der Waals surface area (Å²) in [6, 6.07) is 4.55. The minimum atomic E-state index is -0.253. The van der Waals surface area contributed by atoms with Gasteiger partial charge in [0.15, 0.2) is 5.82 Å². The van der Waals surface area contributed by atoms with E-state index in [0.717, 1.165) is 11.3 Å². The minimum Gasteiger partial charge on any atom is -0.284 e. The molecule has 0 saturated carbocycles. The molecule has 0 aliphatic rings. The highest BCUT2D eigenvalue weighted by Crippen LogP contribution is 2.16. The van der Waals surface area contributed by atoms with E-state index >= 15 is 0 Å². The van der Waals surface area contributed by atoms with Crippen LogP contribution in [0.2, 0.25) is 0 Å². The molecular weight excluding hydrogens is 217 g/mol. The van der Waals surface area contributed by atoms with Gasteiger partial charge in [0, 0.05) is 0 Å². The standard InChI is InChI=1S/C10H9ClFN3/c1-7-4-8(12)2-3-9(7)15-6-13-14-10(15)5-11/h2-4,6H,5H2,1H3. The first-order valence-electron chi connectivity index (χ1n) is 4.44. The molecule has 0 fully saturated rings. The Morgan fingerprint density at radius 1 is 1.47 bits per heavy atom. The SMILES string of the molecule is Cc1cc(F)ccc1-n1cnnc1CCl. The van der Waals surface area contributed by atoms with Crippen LogP contribution in [0.15, 0.2) is 24.5 Å². The number of alkyl halides is 1. The van der Waals surface area contributed by atoms with Gasteiger partial charge in [-0.25, -0.2) is 4.39 Å². The zero-order valence-corrected chi connectivity index (χ0v) is 8.87. The Bertz CT molecular complexity index is 481. The number of hydrogen-bond donors (Lipinski definition) is 0. The predicted molar refractivity (Wildman–Crippen MR) is 55.6 cm³/mol. The average molecular weight is 226 g/mol. The van der Waals surface area contributed by atoms with Crippen molar-refractivity contribution in [2.75, 3.05) is 0 Å². The summed E-state index contributed by atoms with van der Waals surface area (Å²) >= 11 is 5.71. The molecule has 2 rings (SSSR count). The van der Waals surface area contributed by atoms with Crippen molar-refractivity contribution in [2.45, 2.75) is 12.8 Å². The Kier molecular flexibility index (Phi) is 2.68. The highest BCUT2D eigenvalue weighted by molar-refractivity contribution is 6.16. The van der Waals surface area contributed by atoms with Crippen molar-refractivity contribution in [3.8, 4) is 5.69 Å². The lowest BCUT2D eigenvalue weighted by Crippen LogP contribution is -2.00. The fraction of sp³-hybridized carbons (Fsp3) is 0.200. The second-order valence-corrected chi connectivity index (χ2v) is 3.45. The summed E-state index contributed by atoms with van der Waals surface area (Å²) in [5, 5.41) is 7.63. The molecule has 0 aliphatic carbocycles. The summed E-state index contributed by atoms with van der Waals surface area (Å²) in [4.78, 5) is 0. The minimum absolute atomic E-state index is 0.253. The van der Waals surface area contributed by atoms with Crippen LogP contribution in [0.4, 0.5) is 4.39 Å². The first-order valence-corrected chi connectivity index (χ1v) is 4.97. The first kappa shape index (κ1) is 10.1. The fourth-order valence-electron chi connectivity index (χ4n) is 1.44. The van der Waals surface area contributed by atoms with Crippen molar-refractivity contribution in [1.82, 2.24) is 14.8 Å². The van der Waals surface area contributed by atoms with Crippen molar-refractivity contribution in [3.63, 3.8) is 0 Å². The van der Waals surface area contributed by atoms with E-state index in [4.69, 9.17) is 11.6 Å². The molecule has 0 N–H and O–H groups in total. The van der Waals surface area contributed by atoms with Gasteiger partial charge in [0.2, 0.25) is 0 Å². The van der Waals surface area contributed by atoms with Gasteiger partial charge in [-0.2, -0.15) is 0 Å². The quantitative estimate of drug-likeness (QED) is 0.735. The van der Waals surface area contributed by atoms with Gasteiger partial charge in [0.1, 0.15) is 12.1 Å². The highest BCUT2D eigenvalue weighted by Gasteiger charge is 2.07. The lowest BCUT2D eigenvalue weighted by atomic mass is 10.2. The van der Waals surface area contributed by atoms with E-state index in [-0.39, 0.29) is 11.7 Å². The first-order chi connectivity index (χ1) is 7.22. The maximum atomic E-state index is 12.9. The van der Waals surface area contributed by atoms with Crippen LogP contribution in [0.3, 0.4) is 0 Å². The summed E-state index contributed by atoms with van der Waals surface area (Å²) in [5.74, 6) is 0.666. The molecule has 5 heteroatoms. The van der Waals surface area contributed by atoms with Gasteiger partial charge in [0.25, 0.3) is 0 Å². The molecule has 0 amide bonds. The van der Waals surface area contributed by atoms with E-state index in [1.807, 2.05) is 6.92 Å².